The molecule has 1 aromatic carbocycles. The molecule has 1 saturated carbocycles. The molecule has 0 atom stereocenters. The van der Waals surface area contributed by atoms with Crippen molar-refractivity contribution in [2.24, 2.45) is 5.92 Å². The quantitative estimate of drug-likeness (QED) is 0.655. The first-order valence-electron chi connectivity index (χ1n) is 12.1. The predicted molar refractivity (Wildman–Crippen MR) is 122 cm³/mol. The average Bonchev–Trinajstić information content (AvgIpc) is 3.27. The Labute approximate surface area is 182 Å². The van der Waals surface area contributed by atoms with Crippen molar-refractivity contribution in [3.8, 4) is 5.75 Å². The summed E-state index contributed by atoms with van der Waals surface area (Å²) in [5.74, 6) is 2.85. The monoisotopic (exact) mass is 410 g/mol. The van der Waals surface area contributed by atoms with Crippen molar-refractivity contribution in [2.75, 3.05) is 26.2 Å². The van der Waals surface area contributed by atoms with E-state index in [1.54, 1.807) is 5.56 Å². The van der Waals surface area contributed by atoms with Gasteiger partial charge in [-0.2, -0.15) is 0 Å². The van der Waals surface area contributed by atoms with Gasteiger partial charge in [-0.3, -0.25) is 4.79 Å². The molecule has 0 spiro atoms. The molecule has 4 rings (SSSR count). The molecular formula is C26H38N2O2. The Balaban J connectivity index is 1.15. The number of nitrogens with zero attached hydrogens (tertiary/aromatic N) is 1. The van der Waals surface area contributed by atoms with E-state index in [0.29, 0.717) is 18.4 Å². The maximum absolute atomic E-state index is 11.9. The zero-order valence-corrected chi connectivity index (χ0v) is 18.6. The zero-order chi connectivity index (χ0) is 20.8. The molecule has 2 aliphatic heterocycles. The van der Waals surface area contributed by atoms with Crippen LogP contribution in [0.1, 0.15) is 75.3 Å². The lowest BCUT2D eigenvalue weighted by molar-refractivity contribution is -0.121. The molecule has 0 unspecified atom stereocenters. The minimum atomic E-state index is 0.176. The summed E-state index contributed by atoms with van der Waals surface area (Å²) in [7, 11) is 0. The van der Waals surface area contributed by atoms with Crippen LogP contribution in [0.3, 0.4) is 0 Å². The highest BCUT2D eigenvalue weighted by atomic mass is 16.5. The number of hydrogen-bond acceptors (Lipinski definition) is 3. The third-order valence-electron chi connectivity index (χ3n) is 7.41. The maximum atomic E-state index is 11.9. The van der Waals surface area contributed by atoms with Gasteiger partial charge in [0.15, 0.2) is 0 Å². The summed E-state index contributed by atoms with van der Waals surface area (Å²) in [4.78, 5) is 14.6. The van der Waals surface area contributed by atoms with Crippen molar-refractivity contribution in [3.63, 3.8) is 0 Å². The van der Waals surface area contributed by atoms with Crippen LogP contribution >= 0.6 is 0 Å². The predicted octanol–water partition coefficient (Wildman–Crippen LogP) is 4.83. The Bertz CT molecular complexity index is 729. The Kier molecular flexibility index (Phi) is 7.48. The normalized spacial score (nSPS) is 25.2. The topological polar surface area (TPSA) is 41.6 Å². The summed E-state index contributed by atoms with van der Waals surface area (Å²) >= 11 is 0. The Morgan fingerprint density at radius 2 is 1.97 bits per heavy atom. The number of hydrogen-bond donors (Lipinski definition) is 1. The summed E-state index contributed by atoms with van der Waals surface area (Å²) in [5, 5.41) is 3.21. The largest absolute Gasteiger partial charge is 0.493 e. The second kappa shape index (κ2) is 10.5. The van der Waals surface area contributed by atoms with Crippen molar-refractivity contribution >= 4 is 5.91 Å². The minimum absolute atomic E-state index is 0.176. The Morgan fingerprint density at radius 1 is 1.17 bits per heavy atom. The van der Waals surface area contributed by atoms with Crippen molar-refractivity contribution < 1.29 is 9.53 Å². The molecule has 2 fully saturated rings. The van der Waals surface area contributed by atoms with E-state index in [2.05, 4.69) is 28.4 Å². The van der Waals surface area contributed by atoms with Gasteiger partial charge < -0.3 is 15.0 Å². The van der Waals surface area contributed by atoms with E-state index in [0.717, 1.165) is 37.5 Å². The molecule has 164 valence electrons. The summed E-state index contributed by atoms with van der Waals surface area (Å²) in [6, 6.07) is 7.03. The van der Waals surface area contributed by atoms with Crippen LogP contribution in [0, 0.1) is 5.92 Å². The smallest absolute Gasteiger partial charge is 0.224 e. The van der Waals surface area contributed by atoms with Gasteiger partial charge in [0.25, 0.3) is 0 Å². The maximum Gasteiger partial charge on any atom is 0.224 e. The molecule has 1 saturated heterocycles. The van der Waals surface area contributed by atoms with E-state index in [4.69, 9.17) is 4.74 Å². The standard InChI is InChI=1S/C26H38N2O2/c1-2-3-7-26(29)27-22-10-8-20(9-11-22)12-16-28-17-13-21(14-18-28)23-5-4-6-25-24(23)15-19-30-25/h2-6,20-22H,7-19H2,1H3,(H,27,29)/b3-2+. The number of ether oxygens (including phenoxy) is 1. The minimum Gasteiger partial charge on any atom is -0.493 e. The lowest BCUT2D eigenvalue weighted by atomic mass is 9.83. The number of rotatable bonds is 7. The van der Waals surface area contributed by atoms with Crippen molar-refractivity contribution in [1.82, 2.24) is 10.2 Å². The molecule has 0 aromatic heterocycles. The zero-order valence-electron chi connectivity index (χ0n) is 18.6. The van der Waals surface area contributed by atoms with Crippen LogP contribution < -0.4 is 10.1 Å². The number of carbonyl (C=O) groups is 1. The van der Waals surface area contributed by atoms with Gasteiger partial charge in [-0.25, -0.2) is 0 Å². The first-order valence-corrected chi connectivity index (χ1v) is 12.1. The summed E-state index contributed by atoms with van der Waals surface area (Å²) in [6.07, 6.45) is 14.2. The second-order valence-corrected chi connectivity index (χ2v) is 9.39. The van der Waals surface area contributed by atoms with Gasteiger partial charge in [0, 0.05) is 24.4 Å². The Morgan fingerprint density at radius 3 is 2.73 bits per heavy atom. The van der Waals surface area contributed by atoms with Crippen LogP contribution in [0.25, 0.3) is 0 Å². The van der Waals surface area contributed by atoms with Crippen LogP contribution in [0.2, 0.25) is 0 Å². The van der Waals surface area contributed by atoms with Crippen molar-refractivity contribution in [2.45, 2.75) is 76.7 Å². The van der Waals surface area contributed by atoms with Gasteiger partial charge in [0.05, 0.1) is 6.61 Å². The second-order valence-electron chi connectivity index (χ2n) is 9.39. The molecule has 2 heterocycles. The molecule has 1 N–H and O–H groups in total. The van der Waals surface area contributed by atoms with Crippen molar-refractivity contribution in [1.29, 1.82) is 0 Å². The highest BCUT2D eigenvalue weighted by Gasteiger charge is 2.27. The molecule has 1 amide bonds. The van der Waals surface area contributed by atoms with E-state index in [-0.39, 0.29) is 5.91 Å². The summed E-state index contributed by atoms with van der Waals surface area (Å²) < 4.78 is 5.77. The van der Waals surface area contributed by atoms with E-state index in [9.17, 15) is 4.79 Å². The molecule has 1 aromatic rings. The fourth-order valence-corrected chi connectivity index (χ4v) is 5.57. The fourth-order valence-electron chi connectivity index (χ4n) is 5.57. The van der Waals surface area contributed by atoms with Gasteiger partial charge in [-0.15, -0.1) is 0 Å². The highest BCUT2D eigenvalue weighted by molar-refractivity contribution is 5.77. The first-order chi connectivity index (χ1) is 14.7. The van der Waals surface area contributed by atoms with Gasteiger partial charge in [-0.1, -0.05) is 24.3 Å². The molecule has 3 aliphatic rings. The number of nitrogens with one attached hydrogen (secondary N) is 1. The third-order valence-corrected chi connectivity index (χ3v) is 7.41. The molecule has 30 heavy (non-hydrogen) atoms. The number of allylic oxidation sites excluding steroid dienone is 1. The van der Waals surface area contributed by atoms with E-state index >= 15 is 0 Å². The van der Waals surface area contributed by atoms with Gasteiger partial charge >= 0.3 is 0 Å². The molecule has 0 radical (unpaired) electrons. The molecule has 4 heteroatoms. The number of fused-ring (bicyclic) bond motifs is 1. The van der Waals surface area contributed by atoms with Gasteiger partial charge in [0.1, 0.15) is 5.75 Å². The van der Waals surface area contributed by atoms with E-state index < -0.39 is 0 Å². The van der Waals surface area contributed by atoms with Crippen LogP contribution in [-0.2, 0) is 11.2 Å². The van der Waals surface area contributed by atoms with Crippen LogP contribution in [-0.4, -0.2) is 43.1 Å². The van der Waals surface area contributed by atoms with Gasteiger partial charge in [-0.05, 0) is 95.0 Å². The van der Waals surface area contributed by atoms with E-state index in [1.165, 1.54) is 57.3 Å². The van der Waals surface area contributed by atoms with Crippen LogP contribution in [0.4, 0.5) is 0 Å². The van der Waals surface area contributed by atoms with Crippen molar-refractivity contribution in [3.05, 3.63) is 41.5 Å². The number of likely N-dealkylation sites (tertiary alicyclic amines) is 1. The lowest BCUT2D eigenvalue weighted by Gasteiger charge is -2.35. The SMILES string of the molecule is C/C=C/CC(=O)NC1CCC(CCN2CCC(c3cccc4c3CCO4)CC2)CC1. The summed E-state index contributed by atoms with van der Waals surface area (Å²) in [6.45, 7) is 6.51. The molecule has 4 nitrogen and oxygen atoms in total. The molecule has 1 aliphatic carbocycles. The number of carbonyl (C=O) groups excluding carboxylic acids is 1. The van der Waals surface area contributed by atoms with Crippen LogP contribution in [0.15, 0.2) is 30.4 Å². The number of benzene rings is 1. The number of amides is 1. The lowest BCUT2D eigenvalue weighted by Crippen LogP contribution is -2.38. The fraction of sp³-hybridized carbons (Fsp3) is 0.654. The highest BCUT2D eigenvalue weighted by Crippen LogP contribution is 2.37. The Hall–Kier alpha value is -1.81. The molecular weight excluding hydrogens is 372 g/mol. The summed E-state index contributed by atoms with van der Waals surface area (Å²) in [5.41, 5.74) is 3.03. The third kappa shape index (κ3) is 5.46. The van der Waals surface area contributed by atoms with Gasteiger partial charge in [0.2, 0.25) is 5.91 Å². The molecule has 0 bridgehead atoms. The number of piperidine rings is 1. The van der Waals surface area contributed by atoms with Crippen LogP contribution in [0.5, 0.6) is 5.75 Å². The average molecular weight is 411 g/mol. The van der Waals surface area contributed by atoms with E-state index in [1.807, 2.05) is 19.1 Å². The first kappa shape index (κ1) is 21.4.